The van der Waals surface area contributed by atoms with E-state index in [1.165, 1.54) is 0 Å². The number of para-hydroxylation sites is 1. The van der Waals surface area contributed by atoms with Crippen LogP contribution >= 0.6 is 0 Å². The molecule has 1 aromatic rings. The maximum atomic E-state index is 12.4. The average Bonchev–Trinajstić information content (AvgIpc) is 2.44. The number of carbonyl (C=O) groups excluding carboxylic acids is 1. The predicted molar refractivity (Wildman–Crippen MR) is 83.2 cm³/mol. The molecule has 0 saturated heterocycles. The van der Waals surface area contributed by atoms with Crippen LogP contribution < -0.4 is 10.6 Å². The number of rotatable bonds is 9. The highest BCUT2D eigenvalue weighted by molar-refractivity contribution is 5.93. The van der Waals surface area contributed by atoms with Crippen molar-refractivity contribution in [3.63, 3.8) is 0 Å². The summed E-state index contributed by atoms with van der Waals surface area (Å²) in [7, 11) is 0. The Morgan fingerprint density at radius 1 is 1.29 bits per heavy atom. The molecule has 0 radical (unpaired) electrons. The standard InChI is InChI=1S/C16H24N2O3/c1-2-7-13(17)12-15(19)18(11-6-10-16(20)21)14-8-4-3-5-9-14/h3-5,8-9,13H,2,6-7,10-12,17H2,1H3,(H,20,21). The topological polar surface area (TPSA) is 83.6 Å². The Kier molecular flexibility index (Phi) is 7.46. The van der Waals surface area contributed by atoms with Gasteiger partial charge in [-0.1, -0.05) is 31.5 Å². The molecule has 0 aromatic heterocycles. The van der Waals surface area contributed by atoms with E-state index in [1.807, 2.05) is 37.3 Å². The summed E-state index contributed by atoms with van der Waals surface area (Å²) in [4.78, 5) is 24.7. The lowest BCUT2D eigenvalue weighted by Crippen LogP contribution is -2.36. The highest BCUT2D eigenvalue weighted by Gasteiger charge is 2.18. The molecule has 1 unspecified atom stereocenters. The van der Waals surface area contributed by atoms with Gasteiger partial charge in [-0.25, -0.2) is 0 Å². The van der Waals surface area contributed by atoms with Gasteiger partial charge in [0.05, 0.1) is 0 Å². The number of carboxylic acid groups (broad SMARTS) is 1. The summed E-state index contributed by atoms with van der Waals surface area (Å²) in [6.45, 7) is 2.43. The molecule has 1 rings (SSSR count). The molecule has 0 heterocycles. The van der Waals surface area contributed by atoms with Gasteiger partial charge in [-0.2, -0.15) is 0 Å². The van der Waals surface area contributed by atoms with E-state index in [4.69, 9.17) is 10.8 Å². The fourth-order valence-corrected chi connectivity index (χ4v) is 2.20. The molecule has 21 heavy (non-hydrogen) atoms. The van der Waals surface area contributed by atoms with Gasteiger partial charge in [0.1, 0.15) is 0 Å². The van der Waals surface area contributed by atoms with E-state index in [0.29, 0.717) is 13.0 Å². The predicted octanol–water partition coefficient (Wildman–Crippen LogP) is 2.40. The zero-order chi connectivity index (χ0) is 15.7. The van der Waals surface area contributed by atoms with Crippen molar-refractivity contribution in [1.82, 2.24) is 0 Å². The molecule has 1 aromatic carbocycles. The molecule has 1 amide bonds. The molecule has 0 spiro atoms. The zero-order valence-corrected chi connectivity index (χ0v) is 12.5. The Bertz CT molecular complexity index is 448. The van der Waals surface area contributed by atoms with Crippen LogP contribution in [0.2, 0.25) is 0 Å². The quantitative estimate of drug-likeness (QED) is 0.732. The van der Waals surface area contributed by atoms with Gasteiger partial charge in [0, 0.05) is 31.1 Å². The molecule has 0 saturated carbocycles. The Morgan fingerprint density at radius 3 is 2.52 bits per heavy atom. The molecule has 5 nitrogen and oxygen atoms in total. The summed E-state index contributed by atoms with van der Waals surface area (Å²) in [5, 5.41) is 8.73. The Morgan fingerprint density at radius 2 is 1.95 bits per heavy atom. The van der Waals surface area contributed by atoms with Crippen LogP contribution in [0.1, 0.15) is 39.0 Å². The van der Waals surface area contributed by atoms with Gasteiger partial charge >= 0.3 is 5.97 Å². The highest BCUT2D eigenvalue weighted by atomic mass is 16.4. The van der Waals surface area contributed by atoms with Crippen molar-refractivity contribution in [3.8, 4) is 0 Å². The molecule has 0 bridgehead atoms. The van der Waals surface area contributed by atoms with Crippen LogP contribution in [0.15, 0.2) is 30.3 Å². The fourth-order valence-electron chi connectivity index (χ4n) is 2.20. The van der Waals surface area contributed by atoms with Gasteiger partial charge < -0.3 is 15.7 Å². The van der Waals surface area contributed by atoms with Crippen molar-refractivity contribution in [2.45, 2.75) is 45.1 Å². The third kappa shape index (κ3) is 6.40. The van der Waals surface area contributed by atoms with E-state index < -0.39 is 5.97 Å². The number of aliphatic carboxylic acids is 1. The van der Waals surface area contributed by atoms with Crippen LogP contribution in [0.4, 0.5) is 5.69 Å². The van der Waals surface area contributed by atoms with Crippen molar-refractivity contribution in [1.29, 1.82) is 0 Å². The molecule has 5 heteroatoms. The first-order chi connectivity index (χ1) is 10.0. The lowest BCUT2D eigenvalue weighted by Gasteiger charge is -2.24. The van der Waals surface area contributed by atoms with Crippen LogP contribution in [-0.4, -0.2) is 29.6 Å². The van der Waals surface area contributed by atoms with Crippen molar-refractivity contribution in [3.05, 3.63) is 30.3 Å². The van der Waals surface area contributed by atoms with Crippen LogP contribution in [0.5, 0.6) is 0 Å². The number of hydrogen-bond acceptors (Lipinski definition) is 3. The van der Waals surface area contributed by atoms with Gasteiger partial charge in [-0.3, -0.25) is 9.59 Å². The minimum atomic E-state index is -0.849. The zero-order valence-electron chi connectivity index (χ0n) is 12.5. The van der Waals surface area contributed by atoms with Crippen LogP contribution in [0, 0.1) is 0 Å². The number of anilines is 1. The first-order valence-corrected chi connectivity index (χ1v) is 7.37. The van der Waals surface area contributed by atoms with E-state index >= 15 is 0 Å². The molecule has 0 aliphatic rings. The summed E-state index contributed by atoms with van der Waals surface area (Å²) in [6, 6.07) is 9.16. The van der Waals surface area contributed by atoms with Crippen LogP contribution in [0.3, 0.4) is 0 Å². The number of benzene rings is 1. The lowest BCUT2D eigenvalue weighted by atomic mass is 10.1. The van der Waals surface area contributed by atoms with Crippen molar-refractivity contribution in [2.24, 2.45) is 5.73 Å². The summed E-state index contributed by atoms with van der Waals surface area (Å²) in [6.07, 6.45) is 2.52. The number of hydrogen-bond donors (Lipinski definition) is 2. The number of carboxylic acids is 1. The fraction of sp³-hybridized carbons (Fsp3) is 0.500. The van der Waals surface area contributed by atoms with Crippen LogP contribution in [0.25, 0.3) is 0 Å². The number of amides is 1. The van der Waals surface area contributed by atoms with Crippen molar-refractivity contribution in [2.75, 3.05) is 11.4 Å². The first-order valence-electron chi connectivity index (χ1n) is 7.37. The van der Waals surface area contributed by atoms with Gasteiger partial charge in [0.15, 0.2) is 0 Å². The smallest absolute Gasteiger partial charge is 0.303 e. The maximum Gasteiger partial charge on any atom is 0.303 e. The summed E-state index contributed by atoms with van der Waals surface area (Å²) in [5.74, 6) is -0.898. The third-order valence-corrected chi connectivity index (χ3v) is 3.24. The van der Waals surface area contributed by atoms with E-state index in [9.17, 15) is 9.59 Å². The highest BCUT2D eigenvalue weighted by Crippen LogP contribution is 2.16. The molecule has 0 fully saturated rings. The Labute approximate surface area is 125 Å². The third-order valence-electron chi connectivity index (χ3n) is 3.24. The number of nitrogens with two attached hydrogens (primary N) is 1. The van der Waals surface area contributed by atoms with E-state index in [0.717, 1.165) is 18.5 Å². The lowest BCUT2D eigenvalue weighted by molar-refractivity contribution is -0.137. The molecule has 0 aliphatic carbocycles. The van der Waals surface area contributed by atoms with Crippen molar-refractivity contribution < 1.29 is 14.7 Å². The largest absolute Gasteiger partial charge is 0.481 e. The minimum Gasteiger partial charge on any atom is -0.481 e. The average molecular weight is 292 g/mol. The van der Waals surface area contributed by atoms with Crippen LogP contribution in [-0.2, 0) is 9.59 Å². The van der Waals surface area contributed by atoms with E-state index in [2.05, 4.69) is 0 Å². The second kappa shape index (κ2) is 9.13. The van der Waals surface area contributed by atoms with E-state index in [1.54, 1.807) is 4.90 Å². The van der Waals surface area contributed by atoms with Gasteiger partial charge in [-0.05, 0) is 25.0 Å². The van der Waals surface area contributed by atoms with Gasteiger partial charge in [-0.15, -0.1) is 0 Å². The van der Waals surface area contributed by atoms with E-state index in [-0.39, 0.29) is 24.8 Å². The number of carbonyl (C=O) groups is 2. The van der Waals surface area contributed by atoms with Crippen molar-refractivity contribution >= 4 is 17.6 Å². The molecule has 1 atom stereocenters. The molecular formula is C16H24N2O3. The monoisotopic (exact) mass is 292 g/mol. The SMILES string of the molecule is CCCC(N)CC(=O)N(CCCC(=O)O)c1ccccc1. The second-order valence-corrected chi connectivity index (χ2v) is 5.13. The summed E-state index contributed by atoms with van der Waals surface area (Å²) < 4.78 is 0. The molecule has 116 valence electrons. The molecule has 3 N–H and O–H groups in total. The summed E-state index contributed by atoms with van der Waals surface area (Å²) >= 11 is 0. The number of nitrogens with zero attached hydrogens (tertiary/aromatic N) is 1. The minimum absolute atomic E-state index is 0.0486. The normalized spacial score (nSPS) is 11.9. The first kappa shape index (κ1) is 17.2. The summed E-state index contributed by atoms with van der Waals surface area (Å²) in [5.41, 5.74) is 6.72. The molecule has 0 aliphatic heterocycles. The second-order valence-electron chi connectivity index (χ2n) is 5.13. The van der Waals surface area contributed by atoms with Gasteiger partial charge in [0.25, 0.3) is 0 Å². The Hall–Kier alpha value is -1.88. The maximum absolute atomic E-state index is 12.4. The molecular weight excluding hydrogens is 268 g/mol. The van der Waals surface area contributed by atoms with Gasteiger partial charge in [0.2, 0.25) is 5.91 Å². The Balaban J connectivity index is 2.71.